The van der Waals surface area contributed by atoms with Crippen molar-refractivity contribution in [3.63, 3.8) is 0 Å². The van der Waals surface area contributed by atoms with Crippen molar-refractivity contribution in [1.82, 2.24) is 0 Å². The number of carbonyl (C=O) groups is 2. The maximum absolute atomic E-state index is 13.1. The number of imide groups is 1. The molecule has 2 aromatic carbocycles. The van der Waals surface area contributed by atoms with Crippen LogP contribution in [0.4, 0.5) is 5.69 Å². The summed E-state index contributed by atoms with van der Waals surface area (Å²) in [5.41, 5.74) is 2.62. The minimum Gasteiger partial charge on any atom is -0.268 e. The fourth-order valence-corrected chi connectivity index (χ4v) is 4.03. The summed E-state index contributed by atoms with van der Waals surface area (Å²) in [6.07, 6.45) is 0. The fraction of sp³-hybridized carbons (Fsp3) is 0.158. The van der Waals surface area contributed by atoms with Crippen LogP contribution in [0.15, 0.2) is 47.4 Å². The molecule has 0 radical (unpaired) electrons. The number of hydrogen-bond donors (Lipinski definition) is 0. The molecule has 6 heteroatoms. The summed E-state index contributed by atoms with van der Waals surface area (Å²) in [4.78, 5) is 27.6. The van der Waals surface area contributed by atoms with Crippen LogP contribution in [0.5, 0.6) is 0 Å². The van der Waals surface area contributed by atoms with Gasteiger partial charge >= 0.3 is 0 Å². The van der Waals surface area contributed by atoms with Crippen LogP contribution < -0.4 is 4.90 Å². The van der Waals surface area contributed by atoms with Gasteiger partial charge in [-0.2, -0.15) is 0 Å². The number of hydrogen-bond acceptors (Lipinski definition) is 3. The Kier molecular flexibility index (Phi) is 5.23. The second-order valence-corrected chi connectivity index (χ2v) is 7.72. The largest absolute Gasteiger partial charge is 0.272 e. The van der Waals surface area contributed by atoms with Gasteiger partial charge in [-0.15, -0.1) is 11.8 Å². The fourth-order valence-electron chi connectivity index (χ4n) is 2.67. The Hall–Kier alpha value is -1.75. The van der Waals surface area contributed by atoms with Crippen LogP contribution in [0.25, 0.3) is 5.57 Å². The van der Waals surface area contributed by atoms with Crippen LogP contribution in [0.3, 0.4) is 0 Å². The summed E-state index contributed by atoms with van der Waals surface area (Å²) in [6, 6.07) is 12.3. The van der Waals surface area contributed by atoms with Crippen molar-refractivity contribution in [1.29, 1.82) is 0 Å². The van der Waals surface area contributed by atoms with Gasteiger partial charge < -0.3 is 0 Å². The van der Waals surface area contributed by atoms with E-state index in [1.807, 2.05) is 38.1 Å². The third kappa shape index (κ3) is 3.47. The number of thioether (sulfide) groups is 1. The number of rotatable bonds is 4. The lowest BCUT2D eigenvalue weighted by Gasteiger charge is -2.16. The molecule has 0 aliphatic carbocycles. The van der Waals surface area contributed by atoms with E-state index in [1.54, 1.807) is 18.2 Å². The lowest BCUT2D eigenvalue weighted by Crippen LogP contribution is -2.31. The summed E-state index contributed by atoms with van der Waals surface area (Å²) in [6.45, 7) is 3.92. The topological polar surface area (TPSA) is 37.4 Å². The molecule has 0 spiro atoms. The van der Waals surface area contributed by atoms with E-state index in [-0.39, 0.29) is 11.8 Å². The highest BCUT2D eigenvalue weighted by atomic mass is 35.5. The molecule has 0 N–H and O–H groups in total. The van der Waals surface area contributed by atoms with E-state index in [0.29, 0.717) is 32.0 Å². The van der Waals surface area contributed by atoms with E-state index in [9.17, 15) is 9.59 Å². The molecular weight excluding hydrogens is 377 g/mol. The Morgan fingerprint density at radius 1 is 0.960 bits per heavy atom. The first-order chi connectivity index (χ1) is 11.9. The van der Waals surface area contributed by atoms with Gasteiger partial charge in [-0.05, 0) is 36.4 Å². The van der Waals surface area contributed by atoms with Crippen molar-refractivity contribution in [3.05, 3.63) is 68.5 Å². The van der Waals surface area contributed by atoms with Crippen molar-refractivity contribution in [3.8, 4) is 0 Å². The van der Waals surface area contributed by atoms with Gasteiger partial charge in [0.15, 0.2) is 0 Å². The summed E-state index contributed by atoms with van der Waals surface area (Å²) in [5.74, 6) is -0.0117. The molecule has 3 nitrogen and oxygen atoms in total. The van der Waals surface area contributed by atoms with E-state index in [1.165, 1.54) is 11.8 Å². The van der Waals surface area contributed by atoms with Gasteiger partial charge in [-0.1, -0.05) is 60.0 Å². The zero-order valence-electron chi connectivity index (χ0n) is 13.7. The molecule has 3 rings (SSSR count). The summed E-state index contributed by atoms with van der Waals surface area (Å²) >= 11 is 13.4. The zero-order valence-corrected chi connectivity index (χ0v) is 16.0. The van der Waals surface area contributed by atoms with Crippen molar-refractivity contribution in [2.24, 2.45) is 0 Å². The molecular formula is C19H15Cl2NO2S. The molecule has 2 aromatic rings. The molecule has 2 amide bonds. The van der Waals surface area contributed by atoms with Crippen molar-refractivity contribution < 1.29 is 9.59 Å². The summed E-state index contributed by atoms with van der Waals surface area (Å²) in [5, 5.41) is 0.744. The first kappa shape index (κ1) is 18.1. The van der Waals surface area contributed by atoms with E-state index < -0.39 is 0 Å². The quantitative estimate of drug-likeness (QED) is 0.660. The number of anilines is 1. The number of benzene rings is 2. The SMILES string of the molecule is CCSC1=C(c2ccc(C)cc2)C(=O)N(c2cc(Cl)cc(Cl)c2)C1=O. The molecule has 0 aromatic heterocycles. The molecule has 0 saturated carbocycles. The Bertz CT molecular complexity index is 871. The molecule has 1 aliphatic rings. The van der Waals surface area contributed by atoms with Gasteiger partial charge in [0, 0.05) is 10.0 Å². The lowest BCUT2D eigenvalue weighted by atomic mass is 10.0. The minimum absolute atomic E-state index is 0.342. The monoisotopic (exact) mass is 391 g/mol. The molecule has 1 aliphatic heterocycles. The smallest absolute Gasteiger partial charge is 0.268 e. The molecule has 0 atom stereocenters. The predicted molar refractivity (Wildman–Crippen MR) is 105 cm³/mol. The Balaban J connectivity index is 2.11. The Labute approximate surface area is 160 Å². The third-order valence-corrected chi connectivity index (χ3v) is 5.17. The average Bonchev–Trinajstić information content (AvgIpc) is 2.79. The number of amides is 2. The van der Waals surface area contributed by atoms with Crippen LogP contribution in [-0.4, -0.2) is 17.6 Å². The number of carbonyl (C=O) groups excluding carboxylic acids is 2. The number of aryl methyl sites for hydroxylation is 1. The highest BCUT2D eigenvalue weighted by molar-refractivity contribution is 8.04. The molecule has 0 unspecified atom stereocenters. The Morgan fingerprint density at radius 2 is 1.56 bits per heavy atom. The predicted octanol–water partition coefficient (Wildman–Crippen LogP) is 5.34. The van der Waals surface area contributed by atoms with Crippen LogP contribution in [0.2, 0.25) is 10.0 Å². The van der Waals surface area contributed by atoms with Crippen LogP contribution in [-0.2, 0) is 9.59 Å². The molecule has 1 heterocycles. The average molecular weight is 392 g/mol. The van der Waals surface area contributed by atoms with Gasteiger partial charge in [-0.25, -0.2) is 4.90 Å². The van der Waals surface area contributed by atoms with Gasteiger partial charge in [-0.3, -0.25) is 9.59 Å². The van der Waals surface area contributed by atoms with Crippen molar-refractivity contribution >= 4 is 58.0 Å². The second-order valence-electron chi connectivity index (χ2n) is 5.58. The third-order valence-electron chi connectivity index (χ3n) is 3.78. The standard InChI is InChI=1S/C19H15Cl2NO2S/c1-3-25-17-16(12-6-4-11(2)5-7-12)18(23)22(19(17)24)15-9-13(20)8-14(21)10-15/h4-10H,3H2,1-2H3. The molecule has 0 bridgehead atoms. The molecule has 0 fully saturated rings. The maximum Gasteiger partial charge on any atom is 0.272 e. The van der Waals surface area contributed by atoms with Crippen molar-refractivity contribution in [2.45, 2.75) is 13.8 Å². The number of nitrogens with zero attached hydrogens (tertiary/aromatic N) is 1. The number of halogens is 2. The zero-order chi connectivity index (χ0) is 18.1. The van der Waals surface area contributed by atoms with E-state index >= 15 is 0 Å². The van der Waals surface area contributed by atoms with E-state index in [2.05, 4.69) is 0 Å². The summed E-state index contributed by atoms with van der Waals surface area (Å²) in [7, 11) is 0. The first-order valence-electron chi connectivity index (χ1n) is 7.71. The summed E-state index contributed by atoms with van der Waals surface area (Å²) < 4.78 is 0. The van der Waals surface area contributed by atoms with Gasteiger partial charge in [0.2, 0.25) is 0 Å². The van der Waals surface area contributed by atoms with Crippen LogP contribution in [0, 0.1) is 6.92 Å². The highest BCUT2D eigenvalue weighted by Gasteiger charge is 2.40. The van der Waals surface area contributed by atoms with E-state index in [4.69, 9.17) is 23.2 Å². The van der Waals surface area contributed by atoms with Crippen LogP contribution >= 0.6 is 35.0 Å². The molecule has 25 heavy (non-hydrogen) atoms. The maximum atomic E-state index is 13.1. The first-order valence-corrected chi connectivity index (χ1v) is 9.45. The normalized spacial score (nSPS) is 14.6. The minimum atomic E-state index is -0.358. The second kappa shape index (κ2) is 7.24. The van der Waals surface area contributed by atoms with Gasteiger partial charge in [0.05, 0.1) is 16.2 Å². The van der Waals surface area contributed by atoms with Crippen LogP contribution in [0.1, 0.15) is 18.1 Å². The Morgan fingerprint density at radius 3 is 2.12 bits per heavy atom. The van der Waals surface area contributed by atoms with Gasteiger partial charge in [0.25, 0.3) is 11.8 Å². The lowest BCUT2D eigenvalue weighted by molar-refractivity contribution is -0.119. The van der Waals surface area contributed by atoms with E-state index in [0.717, 1.165) is 16.0 Å². The van der Waals surface area contributed by atoms with Crippen molar-refractivity contribution in [2.75, 3.05) is 10.7 Å². The molecule has 0 saturated heterocycles. The van der Waals surface area contributed by atoms with Gasteiger partial charge in [0.1, 0.15) is 0 Å². The highest BCUT2D eigenvalue weighted by Crippen LogP contribution is 2.39. The molecule has 128 valence electrons.